The molecule has 5 nitrogen and oxygen atoms in total. The molecular formula is C11H17ClN4O. The van der Waals surface area contributed by atoms with Crippen molar-refractivity contribution < 1.29 is 5.11 Å². The fraction of sp³-hybridized carbons (Fsp3) is 0.455. The second kappa shape index (κ2) is 5.84. The summed E-state index contributed by atoms with van der Waals surface area (Å²) in [7, 11) is 1.83. The van der Waals surface area contributed by atoms with E-state index in [0.29, 0.717) is 29.4 Å². The van der Waals surface area contributed by atoms with Gasteiger partial charge in [-0.05, 0) is 19.4 Å². The maximum Gasteiger partial charge on any atom is 0.147 e. The number of nitrogens with one attached hydrogen (secondary N) is 1. The number of aliphatic hydroxyl groups excluding tert-OH is 1. The highest BCUT2D eigenvalue weighted by Crippen LogP contribution is 2.25. The molecule has 0 aliphatic carbocycles. The van der Waals surface area contributed by atoms with Crippen LogP contribution in [0.2, 0.25) is 5.02 Å². The van der Waals surface area contributed by atoms with Gasteiger partial charge in [0.15, 0.2) is 0 Å². The van der Waals surface area contributed by atoms with Gasteiger partial charge in [-0.15, -0.1) is 0 Å². The van der Waals surface area contributed by atoms with Crippen molar-refractivity contribution in [3.8, 4) is 0 Å². The van der Waals surface area contributed by atoms with E-state index in [-0.39, 0.29) is 11.9 Å². The first-order valence-corrected chi connectivity index (χ1v) is 5.69. The smallest absolute Gasteiger partial charge is 0.147 e. The summed E-state index contributed by atoms with van der Waals surface area (Å²) in [5.74, 6) is 0.489. The molecule has 0 bridgehead atoms. The van der Waals surface area contributed by atoms with Gasteiger partial charge < -0.3 is 15.7 Å². The summed E-state index contributed by atoms with van der Waals surface area (Å²) >= 11 is 6.13. The summed E-state index contributed by atoms with van der Waals surface area (Å²) in [5.41, 5.74) is 5.89. The lowest BCUT2D eigenvalue weighted by Crippen LogP contribution is -2.24. The minimum Gasteiger partial charge on any atom is -0.393 e. The molecule has 94 valence electrons. The number of nitrogens with zero attached hydrogens (tertiary/aromatic N) is 2. The third-order valence-electron chi connectivity index (χ3n) is 2.40. The van der Waals surface area contributed by atoms with Gasteiger partial charge in [0.05, 0.1) is 11.1 Å². The van der Waals surface area contributed by atoms with E-state index in [1.807, 2.05) is 11.9 Å². The number of nitrogens with two attached hydrogens (primary N) is 1. The van der Waals surface area contributed by atoms with E-state index in [4.69, 9.17) is 22.7 Å². The van der Waals surface area contributed by atoms with Gasteiger partial charge in [0.1, 0.15) is 11.7 Å². The largest absolute Gasteiger partial charge is 0.393 e. The van der Waals surface area contributed by atoms with Crippen LogP contribution in [-0.4, -0.2) is 35.6 Å². The number of aromatic nitrogens is 1. The third kappa shape index (κ3) is 3.57. The van der Waals surface area contributed by atoms with Crippen molar-refractivity contribution >= 4 is 23.3 Å². The molecule has 4 N–H and O–H groups in total. The minimum absolute atomic E-state index is 0.0809. The van der Waals surface area contributed by atoms with Crippen LogP contribution in [0.5, 0.6) is 0 Å². The number of amidine groups is 1. The predicted molar refractivity (Wildman–Crippen MR) is 69.8 cm³/mol. The number of pyridine rings is 1. The summed E-state index contributed by atoms with van der Waals surface area (Å²) in [6, 6.07) is 1.61. The van der Waals surface area contributed by atoms with Gasteiger partial charge in [-0.1, -0.05) is 11.6 Å². The zero-order valence-electron chi connectivity index (χ0n) is 9.94. The van der Waals surface area contributed by atoms with Crippen LogP contribution in [-0.2, 0) is 0 Å². The molecule has 1 unspecified atom stereocenters. The van der Waals surface area contributed by atoms with Crippen molar-refractivity contribution in [2.75, 3.05) is 18.5 Å². The molecule has 0 amide bonds. The first-order valence-electron chi connectivity index (χ1n) is 5.31. The fourth-order valence-electron chi connectivity index (χ4n) is 1.39. The third-order valence-corrected chi connectivity index (χ3v) is 2.78. The fourth-order valence-corrected chi connectivity index (χ4v) is 1.75. The van der Waals surface area contributed by atoms with E-state index in [1.54, 1.807) is 19.2 Å². The van der Waals surface area contributed by atoms with Gasteiger partial charge in [0.25, 0.3) is 0 Å². The average molecular weight is 257 g/mol. The molecule has 1 rings (SSSR count). The lowest BCUT2D eigenvalue weighted by Gasteiger charge is -2.20. The number of hydrogen-bond donors (Lipinski definition) is 3. The highest BCUT2D eigenvalue weighted by molar-refractivity contribution is 6.36. The van der Waals surface area contributed by atoms with E-state index < -0.39 is 0 Å². The Hall–Kier alpha value is -1.33. The molecule has 0 aliphatic heterocycles. The molecule has 0 radical (unpaired) electrons. The standard InChI is InChI=1S/C11H17ClN4O/c1-7(17)4-6-16(2)11-9(12)8(10(13)14)3-5-15-11/h3,5,7,17H,4,6H2,1-2H3,(H3,13,14). The molecule has 6 heteroatoms. The van der Waals surface area contributed by atoms with Crippen LogP contribution in [0.15, 0.2) is 12.3 Å². The molecule has 0 fully saturated rings. The second-order valence-electron chi connectivity index (χ2n) is 3.97. The Bertz CT molecular complexity index is 408. The molecule has 17 heavy (non-hydrogen) atoms. The first kappa shape index (κ1) is 13.7. The van der Waals surface area contributed by atoms with Crippen LogP contribution in [0.4, 0.5) is 5.82 Å². The number of anilines is 1. The Balaban J connectivity index is 2.90. The highest BCUT2D eigenvalue weighted by atomic mass is 35.5. The zero-order chi connectivity index (χ0) is 13.0. The summed E-state index contributed by atoms with van der Waals surface area (Å²) in [6.45, 7) is 2.36. The first-order chi connectivity index (χ1) is 7.93. The number of halogens is 1. The molecule has 1 aromatic heterocycles. The summed E-state index contributed by atoms with van der Waals surface area (Å²) in [6.07, 6.45) is 1.82. The Labute approximate surface area is 106 Å². The Kier molecular flexibility index (Phi) is 4.72. The summed E-state index contributed by atoms with van der Waals surface area (Å²) in [4.78, 5) is 5.99. The molecule has 0 spiro atoms. The second-order valence-corrected chi connectivity index (χ2v) is 4.35. The van der Waals surface area contributed by atoms with Crippen molar-refractivity contribution in [1.29, 1.82) is 5.41 Å². The van der Waals surface area contributed by atoms with E-state index in [0.717, 1.165) is 0 Å². The van der Waals surface area contributed by atoms with Gasteiger partial charge in [-0.2, -0.15) is 0 Å². The van der Waals surface area contributed by atoms with E-state index in [1.165, 1.54) is 0 Å². The SMILES string of the molecule is CC(O)CCN(C)c1nccc(C(=N)N)c1Cl. The number of hydrogen-bond acceptors (Lipinski definition) is 4. The molecular weight excluding hydrogens is 240 g/mol. The monoisotopic (exact) mass is 256 g/mol. The zero-order valence-corrected chi connectivity index (χ0v) is 10.7. The van der Waals surface area contributed by atoms with Crippen LogP contribution >= 0.6 is 11.6 Å². The van der Waals surface area contributed by atoms with Crippen molar-refractivity contribution in [1.82, 2.24) is 4.98 Å². The molecule has 0 saturated carbocycles. The number of rotatable bonds is 5. The lowest BCUT2D eigenvalue weighted by atomic mass is 10.2. The Morgan fingerprint density at radius 2 is 2.35 bits per heavy atom. The number of nitrogen functional groups attached to an aromatic ring is 1. The van der Waals surface area contributed by atoms with Crippen LogP contribution in [0.1, 0.15) is 18.9 Å². The van der Waals surface area contributed by atoms with Gasteiger partial charge in [0, 0.05) is 25.4 Å². The van der Waals surface area contributed by atoms with Crippen LogP contribution in [0.3, 0.4) is 0 Å². The summed E-state index contributed by atoms with van der Waals surface area (Å²) in [5, 5.41) is 17.0. The Morgan fingerprint density at radius 1 is 1.71 bits per heavy atom. The normalized spacial score (nSPS) is 12.2. The molecule has 0 saturated heterocycles. The Morgan fingerprint density at radius 3 is 2.88 bits per heavy atom. The molecule has 0 aromatic carbocycles. The summed E-state index contributed by atoms with van der Waals surface area (Å²) < 4.78 is 0. The van der Waals surface area contributed by atoms with E-state index in [2.05, 4.69) is 4.98 Å². The minimum atomic E-state index is -0.368. The van der Waals surface area contributed by atoms with Crippen molar-refractivity contribution in [2.45, 2.75) is 19.4 Å². The van der Waals surface area contributed by atoms with Gasteiger partial charge in [-0.25, -0.2) is 4.98 Å². The topological polar surface area (TPSA) is 86.2 Å². The molecule has 1 atom stereocenters. The van der Waals surface area contributed by atoms with Gasteiger partial charge in [0.2, 0.25) is 0 Å². The van der Waals surface area contributed by atoms with Crippen LogP contribution < -0.4 is 10.6 Å². The maximum absolute atomic E-state index is 9.23. The average Bonchev–Trinajstić information content (AvgIpc) is 2.25. The highest BCUT2D eigenvalue weighted by Gasteiger charge is 2.13. The lowest BCUT2D eigenvalue weighted by molar-refractivity contribution is 0.187. The van der Waals surface area contributed by atoms with Crippen molar-refractivity contribution in [3.63, 3.8) is 0 Å². The number of aliphatic hydroxyl groups is 1. The predicted octanol–water partition coefficient (Wildman–Crippen LogP) is 1.23. The van der Waals surface area contributed by atoms with E-state index >= 15 is 0 Å². The quantitative estimate of drug-likeness (QED) is 0.546. The van der Waals surface area contributed by atoms with Crippen molar-refractivity contribution in [2.24, 2.45) is 5.73 Å². The van der Waals surface area contributed by atoms with Gasteiger partial charge >= 0.3 is 0 Å². The molecule has 1 heterocycles. The van der Waals surface area contributed by atoms with Crippen LogP contribution in [0, 0.1) is 5.41 Å². The van der Waals surface area contributed by atoms with Gasteiger partial charge in [-0.3, -0.25) is 5.41 Å². The van der Waals surface area contributed by atoms with E-state index in [9.17, 15) is 5.11 Å². The van der Waals surface area contributed by atoms with Crippen LogP contribution in [0.25, 0.3) is 0 Å². The maximum atomic E-state index is 9.23. The molecule has 1 aromatic rings. The van der Waals surface area contributed by atoms with Crippen molar-refractivity contribution in [3.05, 3.63) is 22.8 Å². The molecule has 0 aliphatic rings.